The van der Waals surface area contributed by atoms with Gasteiger partial charge in [-0.2, -0.15) is 0 Å². The summed E-state index contributed by atoms with van der Waals surface area (Å²) < 4.78 is 0.942. The van der Waals surface area contributed by atoms with Crippen molar-refractivity contribution in [2.45, 2.75) is 39.3 Å². The molecular weight excluding hydrogens is 380 g/mol. The molecule has 1 heterocycles. The van der Waals surface area contributed by atoms with E-state index >= 15 is 0 Å². The molecular formula is C20H21BrN2O2. The number of amides is 2. The lowest BCUT2D eigenvalue weighted by Crippen LogP contribution is -2.46. The van der Waals surface area contributed by atoms with Crippen molar-refractivity contribution in [2.24, 2.45) is 0 Å². The summed E-state index contributed by atoms with van der Waals surface area (Å²) in [7, 11) is 0. The minimum Gasteiger partial charge on any atom is -0.349 e. The molecule has 0 aromatic heterocycles. The van der Waals surface area contributed by atoms with Crippen LogP contribution in [0, 0.1) is 6.92 Å². The molecule has 1 N–H and O–H groups in total. The Hall–Kier alpha value is -2.14. The van der Waals surface area contributed by atoms with Gasteiger partial charge in [-0.3, -0.25) is 9.59 Å². The van der Waals surface area contributed by atoms with E-state index in [1.54, 1.807) is 0 Å². The van der Waals surface area contributed by atoms with Crippen LogP contribution in [0.5, 0.6) is 0 Å². The number of aryl methyl sites for hydroxylation is 1. The van der Waals surface area contributed by atoms with Gasteiger partial charge in [0.25, 0.3) is 5.91 Å². The average Bonchev–Trinajstić information content (AvgIpc) is 2.55. The Labute approximate surface area is 156 Å². The SMILES string of the molecule is CC(=O)N[C@@H]1C[C@H](C)N(C(=O)c2ccc(Br)cc2)c2ccc(C)cc21. The number of halogens is 1. The predicted octanol–water partition coefficient (Wildman–Crippen LogP) is 4.37. The standard InChI is InChI=1S/C20H21BrN2O2/c1-12-4-9-19-17(10-12)18(22-14(3)24)11-13(2)23(19)20(25)15-5-7-16(21)8-6-15/h4-10,13,18H,11H2,1-3H3,(H,22,24)/t13-,18+/m0/s1. The van der Waals surface area contributed by atoms with E-state index in [4.69, 9.17) is 0 Å². The summed E-state index contributed by atoms with van der Waals surface area (Å²) in [6.45, 7) is 5.57. The fourth-order valence-corrected chi connectivity index (χ4v) is 3.67. The van der Waals surface area contributed by atoms with Crippen molar-refractivity contribution in [3.63, 3.8) is 0 Å². The quantitative estimate of drug-likeness (QED) is 0.812. The van der Waals surface area contributed by atoms with Gasteiger partial charge >= 0.3 is 0 Å². The second-order valence-electron chi connectivity index (χ2n) is 6.58. The maximum atomic E-state index is 13.1. The number of benzene rings is 2. The van der Waals surface area contributed by atoms with Crippen LogP contribution >= 0.6 is 15.9 Å². The van der Waals surface area contributed by atoms with E-state index in [-0.39, 0.29) is 23.9 Å². The largest absolute Gasteiger partial charge is 0.349 e. The zero-order valence-corrected chi connectivity index (χ0v) is 16.1. The fourth-order valence-electron chi connectivity index (χ4n) is 3.41. The minimum atomic E-state index is -0.0728. The number of hydrogen-bond donors (Lipinski definition) is 1. The highest BCUT2D eigenvalue weighted by molar-refractivity contribution is 9.10. The number of carbonyl (C=O) groups excluding carboxylic acids is 2. The molecule has 25 heavy (non-hydrogen) atoms. The Kier molecular flexibility index (Phi) is 4.95. The molecule has 3 rings (SSSR count). The zero-order valence-electron chi connectivity index (χ0n) is 14.5. The molecule has 0 spiro atoms. The summed E-state index contributed by atoms with van der Waals surface area (Å²) in [6.07, 6.45) is 0.693. The van der Waals surface area contributed by atoms with E-state index in [1.165, 1.54) is 6.92 Å². The lowest BCUT2D eigenvalue weighted by atomic mass is 9.90. The molecule has 5 heteroatoms. The minimum absolute atomic E-state index is 0.0109. The third kappa shape index (κ3) is 3.61. The van der Waals surface area contributed by atoms with Crippen molar-refractivity contribution in [3.8, 4) is 0 Å². The van der Waals surface area contributed by atoms with Gasteiger partial charge in [0.2, 0.25) is 5.91 Å². The van der Waals surface area contributed by atoms with Crippen LogP contribution in [0.3, 0.4) is 0 Å². The van der Waals surface area contributed by atoms with E-state index in [1.807, 2.05) is 55.1 Å². The van der Waals surface area contributed by atoms with Crippen LogP contribution in [0.4, 0.5) is 5.69 Å². The van der Waals surface area contributed by atoms with E-state index in [0.29, 0.717) is 12.0 Å². The molecule has 0 bridgehead atoms. The van der Waals surface area contributed by atoms with E-state index < -0.39 is 0 Å². The van der Waals surface area contributed by atoms with Crippen molar-refractivity contribution < 1.29 is 9.59 Å². The molecule has 2 atom stereocenters. The van der Waals surface area contributed by atoms with E-state index in [9.17, 15) is 9.59 Å². The first-order chi connectivity index (χ1) is 11.9. The molecule has 2 amide bonds. The van der Waals surface area contributed by atoms with Gasteiger partial charge in [-0.05, 0) is 56.2 Å². The Morgan fingerprint density at radius 3 is 2.48 bits per heavy atom. The summed E-state index contributed by atoms with van der Waals surface area (Å²) in [5.74, 6) is -0.0799. The van der Waals surface area contributed by atoms with Crippen LogP contribution in [0.15, 0.2) is 46.9 Å². The van der Waals surface area contributed by atoms with Gasteiger partial charge in [0, 0.05) is 28.7 Å². The Balaban J connectivity index is 2.03. The van der Waals surface area contributed by atoms with Gasteiger partial charge in [-0.15, -0.1) is 0 Å². The van der Waals surface area contributed by atoms with Gasteiger partial charge in [-0.25, -0.2) is 0 Å². The van der Waals surface area contributed by atoms with Crippen molar-refractivity contribution in [1.82, 2.24) is 5.32 Å². The van der Waals surface area contributed by atoms with Crippen LogP contribution in [-0.2, 0) is 4.79 Å². The summed E-state index contributed by atoms with van der Waals surface area (Å²) >= 11 is 3.40. The third-order valence-electron chi connectivity index (χ3n) is 4.52. The molecule has 0 aliphatic carbocycles. The maximum absolute atomic E-state index is 13.1. The Bertz CT molecular complexity index is 817. The molecule has 0 fully saturated rings. The summed E-state index contributed by atoms with van der Waals surface area (Å²) in [5.41, 5.74) is 3.63. The second kappa shape index (κ2) is 7.00. The number of rotatable bonds is 2. The zero-order chi connectivity index (χ0) is 18.1. The molecule has 1 aliphatic rings. The summed E-state index contributed by atoms with van der Waals surface area (Å²) in [4.78, 5) is 26.6. The molecule has 130 valence electrons. The smallest absolute Gasteiger partial charge is 0.258 e. The predicted molar refractivity (Wildman–Crippen MR) is 103 cm³/mol. The van der Waals surface area contributed by atoms with Gasteiger partial charge < -0.3 is 10.2 Å². The lowest BCUT2D eigenvalue weighted by Gasteiger charge is -2.39. The first-order valence-electron chi connectivity index (χ1n) is 8.33. The Morgan fingerprint density at radius 1 is 1.16 bits per heavy atom. The van der Waals surface area contributed by atoms with E-state index in [2.05, 4.69) is 27.3 Å². The summed E-state index contributed by atoms with van der Waals surface area (Å²) in [6, 6.07) is 13.4. The molecule has 0 saturated carbocycles. The van der Waals surface area contributed by atoms with Crippen LogP contribution in [0.25, 0.3) is 0 Å². The number of anilines is 1. The molecule has 4 nitrogen and oxygen atoms in total. The third-order valence-corrected chi connectivity index (χ3v) is 5.05. The van der Waals surface area contributed by atoms with Crippen molar-refractivity contribution >= 4 is 33.4 Å². The molecule has 0 unspecified atom stereocenters. The number of nitrogens with one attached hydrogen (secondary N) is 1. The molecule has 2 aromatic carbocycles. The maximum Gasteiger partial charge on any atom is 0.258 e. The fraction of sp³-hybridized carbons (Fsp3) is 0.300. The molecule has 0 saturated heterocycles. The van der Waals surface area contributed by atoms with Crippen LogP contribution < -0.4 is 10.2 Å². The molecule has 0 radical (unpaired) electrons. The first-order valence-corrected chi connectivity index (χ1v) is 9.13. The van der Waals surface area contributed by atoms with Crippen molar-refractivity contribution in [2.75, 3.05) is 4.90 Å². The summed E-state index contributed by atoms with van der Waals surface area (Å²) in [5, 5.41) is 3.02. The Morgan fingerprint density at radius 2 is 1.84 bits per heavy atom. The second-order valence-corrected chi connectivity index (χ2v) is 7.50. The van der Waals surface area contributed by atoms with Gasteiger partial charge in [0.1, 0.15) is 0 Å². The van der Waals surface area contributed by atoms with Crippen molar-refractivity contribution in [1.29, 1.82) is 0 Å². The molecule has 1 aliphatic heterocycles. The monoisotopic (exact) mass is 400 g/mol. The highest BCUT2D eigenvalue weighted by Crippen LogP contribution is 2.38. The first kappa shape index (κ1) is 17.7. The number of fused-ring (bicyclic) bond motifs is 1. The normalized spacial score (nSPS) is 19.3. The number of carbonyl (C=O) groups is 2. The highest BCUT2D eigenvalue weighted by atomic mass is 79.9. The van der Waals surface area contributed by atoms with Gasteiger partial charge in [-0.1, -0.05) is 33.6 Å². The van der Waals surface area contributed by atoms with E-state index in [0.717, 1.165) is 21.3 Å². The molecule has 2 aromatic rings. The highest BCUT2D eigenvalue weighted by Gasteiger charge is 2.34. The van der Waals surface area contributed by atoms with Gasteiger partial charge in [0.15, 0.2) is 0 Å². The number of hydrogen-bond acceptors (Lipinski definition) is 2. The van der Waals surface area contributed by atoms with Crippen LogP contribution in [-0.4, -0.2) is 17.9 Å². The van der Waals surface area contributed by atoms with Gasteiger partial charge in [0.05, 0.1) is 6.04 Å². The average molecular weight is 401 g/mol. The van der Waals surface area contributed by atoms with Crippen molar-refractivity contribution in [3.05, 3.63) is 63.6 Å². The number of nitrogens with zero attached hydrogens (tertiary/aromatic N) is 1. The lowest BCUT2D eigenvalue weighted by molar-refractivity contribution is -0.119. The van der Waals surface area contributed by atoms with Crippen LogP contribution in [0.2, 0.25) is 0 Å². The van der Waals surface area contributed by atoms with Crippen LogP contribution in [0.1, 0.15) is 47.8 Å². The topological polar surface area (TPSA) is 49.4 Å².